The standard InChI is InChI=1S/C44H26N2O/c1-3-13-29(14-4-1)45-35-23-19-27-11-7-9-17-31(27)39(35)41-37(45)25-21-33-34-22-26-38-42(44(34)47-43(33)41)40-32-18-10-8-12-28(32)20-24-36(40)46(38)30-15-5-2-6-16-30/h1-26H. The molecule has 3 nitrogen and oxygen atoms in total. The summed E-state index contributed by atoms with van der Waals surface area (Å²) in [7, 11) is 0. The smallest absolute Gasteiger partial charge is 0.145 e. The lowest BCUT2D eigenvalue weighted by atomic mass is 10.0. The molecule has 0 bridgehead atoms. The maximum atomic E-state index is 7.26. The highest BCUT2D eigenvalue weighted by Gasteiger charge is 2.24. The number of furan rings is 1. The Bertz CT molecular complexity index is 2840. The molecule has 0 aliphatic carbocycles. The van der Waals surface area contributed by atoms with Crippen molar-refractivity contribution in [3.05, 3.63) is 158 Å². The largest absolute Gasteiger partial charge is 0.455 e. The lowest BCUT2D eigenvalue weighted by Gasteiger charge is -2.08. The van der Waals surface area contributed by atoms with E-state index in [1.807, 2.05) is 0 Å². The fourth-order valence-corrected chi connectivity index (χ4v) is 8.13. The molecule has 0 unspecified atom stereocenters. The summed E-state index contributed by atoms with van der Waals surface area (Å²) < 4.78 is 12.0. The Kier molecular flexibility index (Phi) is 4.84. The zero-order valence-electron chi connectivity index (χ0n) is 25.3. The molecular weight excluding hydrogens is 572 g/mol. The van der Waals surface area contributed by atoms with Gasteiger partial charge >= 0.3 is 0 Å². The normalized spacial score (nSPS) is 12.3. The van der Waals surface area contributed by atoms with Crippen LogP contribution < -0.4 is 0 Å². The second-order valence-electron chi connectivity index (χ2n) is 12.5. The summed E-state index contributed by atoms with van der Waals surface area (Å²) >= 11 is 0. The molecule has 0 atom stereocenters. The molecule has 0 radical (unpaired) electrons. The minimum absolute atomic E-state index is 0.932. The van der Waals surface area contributed by atoms with Crippen LogP contribution in [-0.2, 0) is 0 Å². The minimum atomic E-state index is 0.932. The number of para-hydroxylation sites is 2. The first-order valence-corrected chi connectivity index (χ1v) is 16.1. The van der Waals surface area contributed by atoms with E-state index < -0.39 is 0 Å². The lowest BCUT2D eigenvalue weighted by molar-refractivity contribution is 0.677. The third-order valence-electron chi connectivity index (χ3n) is 10.1. The van der Waals surface area contributed by atoms with E-state index in [9.17, 15) is 0 Å². The third-order valence-corrected chi connectivity index (χ3v) is 10.1. The summed E-state index contributed by atoms with van der Waals surface area (Å²) in [6, 6.07) is 56.8. The van der Waals surface area contributed by atoms with E-state index >= 15 is 0 Å². The molecule has 11 aromatic rings. The van der Waals surface area contributed by atoms with Gasteiger partial charge in [0.05, 0.1) is 32.8 Å². The molecule has 0 aliphatic heterocycles. The van der Waals surface area contributed by atoms with E-state index in [-0.39, 0.29) is 0 Å². The summed E-state index contributed by atoms with van der Waals surface area (Å²) in [5.74, 6) is 0. The van der Waals surface area contributed by atoms with Gasteiger partial charge in [0.1, 0.15) is 11.2 Å². The average molecular weight is 599 g/mol. The molecule has 0 saturated heterocycles. The summed E-state index contributed by atoms with van der Waals surface area (Å²) in [5.41, 5.74) is 8.77. The van der Waals surface area contributed by atoms with E-state index in [0.717, 1.165) is 55.1 Å². The van der Waals surface area contributed by atoms with Crippen LogP contribution in [0.25, 0.3) is 98.5 Å². The van der Waals surface area contributed by atoms with Crippen molar-refractivity contribution in [2.24, 2.45) is 0 Å². The fourth-order valence-electron chi connectivity index (χ4n) is 8.13. The predicted octanol–water partition coefficient (Wildman–Crippen LogP) is 12.1. The molecule has 0 aliphatic rings. The van der Waals surface area contributed by atoms with Crippen molar-refractivity contribution in [3.63, 3.8) is 0 Å². The summed E-state index contributed by atoms with van der Waals surface area (Å²) in [6.07, 6.45) is 0. The van der Waals surface area contributed by atoms with Crippen LogP contribution in [0, 0.1) is 0 Å². The maximum absolute atomic E-state index is 7.26. The van der Waals surface area contributed by atoms with Gasteiger partial charge in [0.15, 0.2) is 0 Å². The van der Waals surface area contributed by atoms with Gasteiger partial charge in [-0.1, -0.05) is 97.1 Å². The number of fused-ring (bicyclic) bond motifs is 15. The van der Waals surface area contributed by atoms with Gasteiger partial charge in [-0.3, -0.25) is 0 Å². The van der Waals surface area contributed by atoms with Crippen LogP contribution in [0.2, 0.25) is 0 Å². The molecular formula is C44H26N2O. The van der Waals surface area contributed by atoms with Crippen molar-refractivity contribution in [2.75, 3.05) is 0 Å². The first kappa shape index (κ1) is 24.9. The zero-order chi connectivity index (χ0) is 30.6. The van der Waals surface area contributed by atoms with Crippen molar-refractivity contribution < 1.29 is 4.42 Å². The van der Waals surface area contributed by atoms with Crippen molar-refractivity contribution in [1.82, 2.24) is 9.13 Å². The highest BCUT2D eigenvalue weighted by molar-refractivity contribution is 6.33. The summed E-state index contributed by atoms with van der Waals surface area (Å²) in [4.78, 5) is 0. The van der Waals surface area contributed by atoms with Gasteiger partial charge in [0.2, 0.25) is 0 Å². The van der Waals surface area contributed by atoms with E-state index in [1.165, 1.54) is 43.4 Å². The van der Waals surface area contributed by atoms with Crippen molar-refractivity contribution in [3.8, 4) is 11.4 Å². The number of hydrogen-bond acceptors (Lipinski definition) is 1. The van der Waals surface area contributed by atoms with Gasteiger partial charge < -0.3 is 13.6 Å². The number of rotatable bonds is 2. The van der Waals surface area contributed by atoms with Gasteiger partial charge in [0, 0.05) is 32.9 Å². The molecule has 0 N–H and O–H groups in total. The highest BCUT2D eigenvalue weighted by atomic mass is 16.3. The number of benzene rings is 8. The van der Waals surface area contributed by atoms with Crippen LogP contribution in [0.4, 0.5) is 0 Å². The zero-order valence-corrected chi connectivity index (χ0v) is 25.3. The Labute approximate surface area is 269 Å². The Morgan fingerprint density at radius 2 is 0.681 bits per heavy atom. The Morgan fingerprint density at radius 3 is 1.15 bits per heavy atom. The summed E-state index contributed by atoms with van der Waals surface area (Å²) in [5, 5.41) is 11.9. The van der Waals surface area contributed by atoms with Crippen LogP contribution in [-0.4, -0.2) is 9.13 Å². The number of nitrogens with zero attached hydrogens (tertiary/aromatic N) is 2. The molecule has 0 spiro atoms. The van der Waals surface area contributed by atoms with Gasteiger partial charge in [-0.25, -0.2) is 0 Å². The molecule has 0 fully saturated rings. The second kappa shape index (κ2) is 9.12. The van der Waals surface area contributed by atoms with E-state index in [4.69, 9.17) is 4.42 Å². The molecule has 0 amide bonds. The number of aromatic nitrogens is 2. The van der Waals surface area contributed by atoms with Crippen LogP contribution in [0.3, 0.4) is 0 Å². The van der Waals surface area contributed by atoms with Gasteiger partial charge in [-0.15, -0.1) is 0 Å². The van der Waals surface area contributed by atoms with Crippen LogP contribution in [0.1, 0.15) is 0 Å². The topological polar surface area (TPSA) is 23.0 Å². The average Bonchev–Trinajstić information content (AvgIpc) is 3.80. The monoisotopic (exact) mass is 598 g/mol. The number of hydrogen-bond donors (Lipinski definition) is 0. The SMILES string of the molecule is c1ccc(-n2c3ccc4ccccc4c3c3c4oc5c(ccc6c5c5c7ccccc7ccc5n6-c5ccccc5)c4ccc32)cc1. The van der Waals surface area contributed by atoms with Gasteiger partial charge in [-0.05, 0) is 82.2 Å². The quantitative estimate of drug-likeness (QED) is 0.194. The molecule has 8 aromatic carbocycles. The Morgan fingerprint density at radius 1 is 0.298 bits per heavy atom. The Hall–Kier alpha value is -6.32. The van der Waals surface area contributed by atoms with Gasteiger partial charge in [-0.2, -0.15) is 0 Å². The van der Waals surface area contributed by atoms with Crippen molar-refractivity contribution >= 4 is 87.1 Å². The molecule has 3 heterocycles. The third kappa shape index (κ3) is 3.25. The molecule has 3 aromatic heterocycles. The van der Waals surface area contributed by atoms with Crippen LogP contribution >= 0.6 is 0 Å². The second-order valence-corrected chi connectivity index (χ2v) is 12.5. The van der Waals surface area contributed by atoms with Crippen molar-refractivity contribution in [1.29, 1.82) is 0 Å². The molecule has 3 heteroatoms. The van der Waals surface area contributed by atoms with Crippen LogP contribution in [0.15, 0.2) is 162 Å². The molecule has 218 valence electrons. The maximum Gasteiger partial charge on any atom is 0.145 e. The molecule has 0 saturated carbocycles. The Balaban J connectivity index is 1.38. The highest BCUT2D eigenvalue weighted by Crippen LogP contribution is 2.47. The summed E-state index contributed by atoms with van der Waals surface area (Å²) in [6.45, 7) is 0. The van der Waals surface area contributed by atoms with Crippen LogP contribution in [0.5, 0.6) is 0 Å². The first-order valence-electron chi connectivity index (χ1n) is 16.1. The minimum Gasteiger partial charge on any atom is -0.455 e. The fraction of sp³-hybridized carbons (Fsp3) is 0. The first-order chi connectivity index (χ1) is 23.3. The van der Waals surface area contributed by atoms with Crippen molar-refractivity contribution in [2.45, 2.75) is 0 Å². The predicted molar refractivity (Wildman–Crippen MR) is 197 cm³/mol. The van der Waals surface area contributed by atoms with E-state index in [1.54, 1.807) is 0 Å². The molecule has 11 rings (SSSR count). The van der Waals surface area contributed by atoms with E-state index in [0.29, 0.717) is 0 Å². The van der Waals surface area contributed by atoms with Gasteiger partial charge in [0.25, 0.3) is 0 Å². The lowest BCUT2D eigenvalue weighted by Crippen LogP contribution is -1.93. The van der Waals surface area contributed by atoms with E-state index in [2.05, 4.69) is 167 Å². The molecule has 47 heavy (non-hydrogen) atoms.